The van der Waals surface area contributed by atoms with Crippen LogP contribution in [0.1, 0.15) is 6.42 Å². The molecule has 6 atom stereocenters. The predicted octanol–water partition coefficient (Wildman–Crippen LogP) is -3.93. The number of aldehydes is 1. The van der Waals surface area contributed by atoms with Gasteiger partial charge in [-0.1, -0.05) is 0 Å². The van der Waals surface area contributed by atoms with Gasteiger partial charge < -0.3 is 36.0 Å². The van der Waals surface area contributed by atoms with E-state index in [2.05, 4.69) is 0 Å². The molecule has 8 heteroatoms. The maximum absolute atomic E-state index is 10.6. The van der Waals surface area contributed by atoms with Gasteiger partial charge in [0, 0.05) is 6.42 Å². The van der Waals surface area contributed by atoms with Crippen molar-refractivity contribution in [1.29, 1.82) is 0 Å². The minimum atomic E-state index is -2.25. The maximum Gasteiger partial charge on any atom is 0.226 e. The number of ether oxygens (including phenoxy) is 1. The van der Waals surface area contributed by atoms with E-state index in [1.165, 1.54) is 0 Å². The largest absolute Gasteiger partial charge is 0.394 e. The molecule has 1 saturated heterocycles. The van der Waals surface area contributed by atoms with Crippen LogP contribution in [0.15, 0.2) is 0 Å². The van der Waals surface area contributed by atoms with Gasteiger partial charge in [-0.15, -0.1) is 0 Å². The van der Waals surface area contributed by atoms with Crippen LogP contribution in [-0.4, -0.2) is 74.7 Å². The number of carbonyl (C=O) groups excluding carboxylic acids is 1. The second kappa shape index (κ2) is 5.36. The van der Waals surface area contributed by atoms with Crippen LogP contribution >= 0.6 is 0 Å². The zero-order valence-electron chi connectivity index (χ0n) is 9.01. The summed E-state index contributed by atoms with van der Waals surface area (Å²) in [5.74, 6) is -2.25. The molecule has 1 aliphatic heterocycles. The first-order valence-corrected chi connectivity index (χ1v) is 5.12. The Morgan fingerprint density at radius 2 is 2.12 bits per heavy atom. The van der Waals surface area contributed by atoms with Gasteiger partial charge in [0.2, 0.25) is 5.79 Å². The fraction of sp³-hybridized carbons (Fsp3) is 0.889. The Morgan fingerprint density at radius 1 is 1.53 bits per heavy atom. The molecule has 7 N–H and O–H groups in total. The lowest BCUT2D eigenvalue weighted by atomic mass is 9.90. The van der Waals surface area contributed by atoms with Crippen molar-refractivity contribution in [3.05, 3.63) is 0 Å². The van der Waals surface area contributed by atoms with Crippen molar-refractivity contribution in [2.45, 2.75) is 42.7 Å². The molecule has 0 spiro atoms. The normalized spacial score (nSPS) is 41.9. The molecule has 0 aromatic heterocycles. The van der Waals surface area contributed by atoms with Gasteiger partial charge in [-0.05, 0) is 0 Å². The van der Waals surface area contributed by atoms with E-state index in [0.29, 0.717) is 0 Å². The number of hydrogen-bond acceptors (Lipinski definition) is 8. The topological polar surface area (TPSA) is 153 Å². The van der Waals surface area contributed by atoms with E-state index < -0.39 is 49.3 Å². The van der Waals surface area contributed by atoms with E-state index in [9.17, 15) is 25.2 Å². The monoisotopic (exact) mass is 251 g/mol. The lowest BCUT2D eigenvalue weighted by Gasteiger charge is -2.42. The van der Waals surface area contributed by atoms with Crippen LogP contribution in [0, 0.1) is 0 Å². The third-order valence-electron chi connectivity index (χ3n) is 2.77. The van der Waals surface area contributed by atoms with E-state index in [4.69, 9.17) is 15.6 Å². The zero-order valence-corrected chi connectivity index (χ0v) is 9.01. The Kier molecular flexibility index (Phi) is 4.55. The summed E-state index contributed by atoms with van der Waals surface area (Å²) in [6.45, 7) is -0.747. The Hall–Kier alpha value is -0.610. The number of carbonyl (C=O) groups is 1. The van der Waals surface area contributed by atoms with Crippen molar-refractivity contribution >= 4 is 6.29 Å². The minimum absolute atomic E-state index is 0.0765. The highest BCUT2D eigenvalue weighted by Gasteiger charge is 2.48. The highest BCUT2D eigenvalue weighted by molar-refractivity contribution is 5.60. The summed E-state index contributed by atoms with van der Waals surface area (Å²) < 4.78 is 4.87. The summed E-state index contributed by atoms with van der Waals surface area (Å²) in [5, 5.41) is 46.6. The van der Waals surface area contributed by atoms with Gasteiger partial charge in [0.15, 0.2) is 6.29 Å². The fourth-order valence-electron chi connectivity index (χ4n) is 1.72. The van der Waals surface area contributed by atoms with Crippen molar-refractivity contribution in [2.75, 3.05) is 6.61 Å². The summed E-state index contributed by atoms with van der Waals surface area (Å²) in [4.78, 5) is 10.6. The van der Waals surface area contributed by atoms with E-state index in [-0.39, 0.29) is 6.29 Å². The van der Waals surface area contributed by atoms with Crippen LogP contribution in [0.25, 0.3) is 0 Å². The molecule has 17 heavy (non-hydrogen) atoms. The van der Waals surface area contributed by atoms with Crippen LogP contribution in [0.2, 0.25) is 0 Å². The van der Waals surface area contributed by atoms with Gasteiger partial charge in [-0.25, -0.2) is 0 Å². The second-order valence-electron chi connectivity index (χ2n) is 4.13. The van der Waals surface area contributed by atoms with Gasteiger partial charge in [-0.3, -0.25) is 4.79 Å². The Balaban J connectivity index is 2.85. The molecule has 0 bridgehead atoms. The molecule has 1 rings (SSSR count). The van der Waals surface area contributed by atoms with Crippen LogP contribution in [0.5, 0.6) is 0 Å². The maximum atomic E-state index is 10.6. The highest BCUT2D eigenvalue weighted by Crippen LogP contribution is 2.27. The van der Waals surface area contributed by atoms with Crippen LogP contribution in [0.4, 0.5) is 0 Å². The molecule has 0 aromatic carbocycles. The number of hydrogen-bond donors (Lipinski definition) is 6. The van der Waals surface area contributed by atoms with E-state index in [1.807, 2.05) is 0 Å². The second-order valence-corrected chi connectivity index (χ2v) is 4.13. The summed E-state index contributed by atoms with van der Waals surface area (Å²) in [7, 11) is 0. The highest BCUT2D eigenvalue weighted by atomic mass is 16.6. The van der Waals surface area contributed by atoms with Gasteiger partial charge in [0.1, 0.15) is 18.3 Å². The number of nitrogens with two attached hydrogens (primary N) is 1. The van der Waals surface area contributed by atoms with Crippen LogP contribution in [0.3, 0.4) is 0 Å². The van der Waals surface area contributed by atoms with Crippen molar-refractivity contribution < 1.29 is 35.1 Å². The quantitative estimate of drug-likeness (QED) is 0.277. The summed E-state index contributed by atoms with van der Waals surface area (Å²) in [5.41, 5.74) is 5.54. The average molecular weight is 251 g/mol. The van der Waals surface area contributed by atoms with Crippen molar-refractivity contribution in [2.24, 2.45) is 5.73 Å². The SMILES string of the molecule is NC1C(O)CC(O)(C=O)OC1C(O)C(O)CO. The summed E-state index contributed by atoms with van der Waals surface area (Å²) in [6.07, 6.45) is -6.16. The van der Waals surface area contributed by atoms with E-state index >= 15 is 0 Å². The molecule has 0 radical (unpaired) electrons. The average Bonchev–Trinajstić information content (AvgIpc) is 2.32. The summed E-state index contributed by atoms with van der Waals surface area (Å²) in [6, 6.07) is -1.09. The van der Waals surface area contributed by atoms with Crippen LogP contribution < -0.4 is 5.73 Å². The van der Waals surface area contributed by atoms with E-state index in [0.717, 1.165) is 0 Å². The van der Waals surface area contributed by atoms with E-state index in [1.54, 1.807) is 0 Å². The number of aliphatic hydroxyl groups excluding tert-OH is 4. The molecule has 0 aliphatic carbocycles. The molecular formula is C9H17NO7. The molecule has 0 saturated carbocycles. The van der Waals surface area contributed by atoms with Gasteiger partial charge in [-0.2, -0.15) is 0 Å². The van der Waals surface area contributed by atoms with Crippen LogP contribution in [-0.2, 0) is 9.53 Å². The van der Waals surface area contributed by atoms with Gasteiger partial charge in [0.25, 0.3) is 0 Å². The lowest BCUT2D eigenvalue weighted by molar-refractivity contribution is -0.277. The molecule has 1 aliphatic rings. The molecule has 0 amide bonds. The first-order valence-electron chi connectivity index (χ1n) is 5.12. The first kappa shape index (κ1) is 14.5. The number of aliphatic hydroxyl groups is 5. The molecule has 8 nitrogen and oxygen atoms in total. The first-order chi connectivity index (χ1) is 7.84. The van der Waals surface area contributed by atoms with Gasteiger partial charge >= 0.3 is 0 Å². The predicted molar refractivity (Wildman–Crippen MR) is 53.6 cm³/mol. The smallest absolute Gasteiger partial charge is 0.226 e. The Morgan fingerprint density at radius 3 is 2.59 bits per heavy atom. The molecule has 1 fully saturated rings. The molecular weight excluding hydrogens is 234 g/mol. The Bertz CT molecular complexity index is 276. The standard InChI is InChI=1S/C9H17NO7/c10-6-4(13)1-9(16,3-12)17-8(6)7(15)5(14)2-11/h3-8,11,13-16H,1-2,10H2. The molecule has 0 aromatic rings. The lowest BCUT2D eigenvalue weighted by Crippen LogP contribution is -2.64. The fourth-order valence-corrected chi connectivity index (χ4v) is 1.72. The summed E-state index contributed by atoms with van der Waals surface area (Å²) >= 11 is 0. The third-order valence-corrected chi connectivity index (χ3v) is 2.77. The minimum Gasteiger partial charge on any atom is -0.394 e. The third kappa shape index (κ3) is 2.99. The van der Waals surface area contributed by atoms with Crippen molar-refractivity contribution in [3.8, 4) is 0 Å². The Labute approximate surface area is 97.2 Å². The molecule has 6 unspecified atom stereocenters. The molecule has 1 heterocycles. The van der Waals surface area contributed by atoms with Crippen molar-refractivity contribution in [3.63, 3.8) is 0 Å². The van der Waals surface area contributed by atoms with Gasteiger partial charge in [0.05, 0.1) is 18.8 Å². The molecule has 100 valence electrons. The number of rotatable bonds is 4. The zero-order chi connectivity index (χ0) is 13.2. The van der Waals surface area contributed by atoms with Crippen molar-refractivity contribution in [1.82, 2.24) is 0 Å².